The Morgan fingerprint density at radius 2 is 2.32 bits per heavy atom. The van der Waals surface area contributed by atoms with Crippen LogP contribution in [0.2, 0.25) is 0 Å². The number of aromatic nitrogens is 1. The SMILES string of the molecule is Cc1csc(CNC(=O)N2CCCC3(CC(=O)N(C)C3)C2)n1. The Bertz CT molecular complexity index is 588. The molecule has 7 heteroatoms. The first kappa shape index (κ1) is 15.3. The van der Waals surface area contributed by atoms with E-state index in [2.05, 4.69) is 10.3 Å². The second-order valence-corrected chi connectivity index (χ2v) is 7.44. The van der Waals surface area contributed by atoms with Crippen LogP contribution in [0.15, 0.2) is 5.38 Å². The summed E-state index contributed by atoms with van der Waals surface area (Å²) in [5.74, 6) is 0.195. The molecular formula is C15H22N4O2S. The summed E-state index contributed by atoms with van der Waals surface area (Å²) in [5, 5.41) is 5.86. The molecule has 0 saturated carbocycles. The molecule has 1 aromatic heterocycles. The number of carbonyl (C=O) groups excluding carboxylic acids is 2. The van der Waals surface area contributed by atoms with Crippen LogP contribution in [0.3, 0.4) is 0 Å². The van der Waals surface area contributed by atoms with E-state index < -0.39 is 0 Å². The van der Waals surface area contributed by atoms with E-state index in [4.69, 9.17) is 0 Å². The molecule has 2 aliphatic heterocycles. The molecule has 1 aromatic rings. The largest absolute Gasteiger partial charge is 0.345 e. The summed E-state index contributed by atoms with van der Waals surface area (Å²) in [6.07, 6.45) is 2.56. The zero-order valence-corrected chi connectivity index (χ0v) is 13.9. The molecule has 120 valence electrons. The van der Waals surface area contributed by atoms with Crippen molar-refractivity contribution in [2.75, 3.05) is 26.7 Å². The number of hydrogen-bond donors (Lipinski definition) is 1. The van der Waals surface area contributed by atoms with Crippen molar-refractivity contribution < 1.29 is 9.59 Å². The number of nitrogens with zero attached hydrogens (tertiary/aromatic N) is 3. The minimum absolute atomic E-state index is 0.0425. The summed E-state index contributed by atoms with van der Waals surface area (Å²) in [5.41, 5.74) is 0.942. The first-order valence-corrected chi connectivity index (χ1v) is 8.53. The molecule has 2 fully saturated rings. The maximum atomic E-state index is 12.4. The van der Waals surface area contributed by atoms with Crippen LogP contribution in [0, 0.1) is 12.3 Å². The van der Waals surface area contributed by atoms with Gasteiger partial charge in [0.05, 0.1) is 6.54 Å². The molecule has 0 aliphatic carbocycles. The lowest BCUT2D eigenvalue weighted by atomic mass is 9.79. The Hall–Kier alpha value is -1.63. The first-order valence-electron chi connectivity index (χ1n) is 7.65. The molecule has 3 rings (SSSR count). The zero-order chi connectivity index (χ0) is 15.7. The summed E-state index contributed by atoms with van der Waals surface area (Å²) in [7, 11) is 1.85. The molecule has 1 atom stereocenters. The third kappa shape index (κ3) is 3.09. The van der Waals surface area contributed by atoms with Crippen molar-refractivity contribution in [3.05, 3.63) is 16.1 Å². The zero-order valence-electron chi connectivity index (χ0n) is 13.1. The minimum atomic E-state index is -0.0473. The standard InChI is InChI=1S/C15H22N4O2S/c1-11-8-22-12(17-11)7-16-14(21)19-5-3-4-15(10-19)6-13(20)18(2)9-15/h8H,3-7,9-10H2,1-2H3,(H,16,21). The van der Waals surface area contributed by atoms with Crippen LogP contribution < -0.4 is 5.32 Å². The molecule has 22 heavy (non-hydrogen) atoms. The summed E-state index contributed by atoms with van der Waals surface area (Å²) in [4.78, 5) is 32.2. The third-order valence-electron chi connectivity index (χ3n) is 4.53. The predicted octanol–water partition coefficient (Wildman–Crippen LogP) is 1.61. The highest BCUT2D eigenvalue weighted by atomic mass is 32.1. The van der Waals surface area contributed by atoms with E-state index in [1.807, 2.05) is 24.3 Å². The normalized spacial score (nSPS) is 25.1. The predicted molar refractivity (Wildman–Crippen MR) is 84.6 cm³/mol. The van der Waals surface area contributed by atoms with E-state index in [1.165, 1.54) is 0 Å². The molecule has 6 nitrogen and oxygen atoms in total. The average molecular weight is 322 g/mol. The van der Waals surface area contributed by atoms with Gasteiger partial charge < -0.3 is 15.1 Å². The Morgan fingerprint density at radius 1 is 1.50 bits per heavy atom. The van der Waals surface area contributed by atoms with Crippen LogP contribution in [-0.4, -0.2) is 53.4 Å². The van der Waals surface area contributed by atoms with E-state index in [-0.39, 0.29) is 17.4 Å². The maximum Gasteiger partial charge on any atom is 0.317 e. The summed E-state index contributed by atoms with van der Waals surface area (Å²) in [6.45, 7) is 4.62. The van der Waals surface area contributed by atoms with Gasteiger partial charge in [0.15, 0.2) is 0 Å². The van der Waals surface area contributed by atoms with Gasteiger partial charge in [-0.15, -0.1) is 11.3 Å². The summed E-state index contributed by atoms with van der Waals surface area (Å²) in [6, 6.07) is -0.0473. The molecule has 1 spiro atoms. The fraction of sp³-hybridized carbons (Fsp3) is 0.667. The van der Waals surface area contributed by atoms with Gasteiger partial charge in [0, 0.05) is 49.6 Å². The van der Waals surface area contributed by atoms with Crippen molar-refractivity contribution in [2.24, 2.45) is 5.41 Å². The lowest BCUT2D eigenvalue weighted by molar-refractivity contribution is -0.126. The quantitative estimate of drug-likeness (QED) is 0.899. The molecule has 3 heterocycles. The molecule has 1 unspecified atom stereocenters. The monoisotopic (exact) mass is 322 g/mol. The number of thiazole rings is 1. The van der Waals surface area contributed by atoms with E-state index in [1.54, 1.807) is 16.2 Å². The fourth-order valence-corrected chi connectivity index (χ4v) is 4.22. The van der Waals surface area contributed by atoms with Gasteiger partial charge in [-0.3, -0.25) is 4.79 Å². The van der Waals surface area contributed by atoms with Gasteiger partial charge in [0.2, 0.25) is 5.91 Å². The number of hydrogen-bond acceptors (Lipinski definition) is 4. The number of urea groups is 1. The van der Waals surface area contributed by atoms with E-state index in [0.29, 0.717) is 19.5 Å². The smallest absolute Gasteiger partial charge is 0.317 e. The van der Waals surface area contributed by atoms with Crippen LogP contribution >= 0.6 is 11.3 Å². The molecule has 0 radical (unpaired) electrons. The highest BCUT2D eigenvalue weighted by molar-refractivity contribution is 7.09. The van der Waals surface area contributed by atoms with Gasteiger partial charge in [-0.1, -0.05) is 0 Å². The number of rotatable bonds is 2. The minimum Gasteiger partial charge on any atom is -0.345 e. The molecule has 2 saturated heterocycles. The number of likely N-dealkylation sites (tertiary alicyclic amines) is 2. The van der Waals surface area contributed by atoms with Gasteiger partial charge in [-0.2, -0.15) is 0 Å². The Balaban J connectivity index is 1.57. The van der Waals surface area contributed by atoms with Gasteiger partial charge >= 0.3 is 6.03 Å². The second kappa shape index (κ2) is 5.87. The lowest BCUT2D eigenvalue weighted by Crippen LogP contribution is -2.50. The van der Waals surface area contributed by atoms with E-state index in [9.17, 15) is 9.59 Å². The molecular weight excluding hydrogens is 300 g/mol. The van der Waals surface area contributed by atoms with Gasteiger partial charge in [0.25, 0.3) is 0 Å². The third-order valence-corrected chi connectivity index (χ3v) is 5.50. The van der Waals surface area contributed by atoms with Crippen molar-refractivity contribution in [1.82, 2.24) is 20.1 Å². The molecule has 1 N–H and O–H groups in total. The van der Waals surface area contributed by atoms with Crippen LogP contribution in [0.4, 0.5) is 4.79 Å². The number of carbonyl (C=O) groups is 2. The van der Waals surface area contributed by atoms with E-state index in [0.717, 1.165) is 36.6 Å². The van der Waals surface area contributed by atoms with Crippen LogP contribution in [0.1, 0.15) is 30.0 Å². The van der Waals surface area contributed by atoms with Crippen LogP contribution in [0.25, 0.3) is 0 Å². The van der Waals surface area contributed by atoms with Gasteiger partial charge in [0.1, 0.15) is 5.01 Å². The van der Waals surface area contributed by atoms with E-state index >= 15 is 0 Å². The summed E-state index contributed by atoms with van der Waals surface area (Å²) < 4.78 is 0. The average Bonchev–Trinajstić information content (AvgIpc) is 3.00. The van der Waals surface area contributed by atoms with Crippen LogP contribution in [0.5, 0.6) is 0 Å². The molecule has 0 aromatic carbocycles. The maximum absolute atomic E-state index is 12.4. The van der Waals surface area contributed by atoms with Crippen molar-refractivity contribution >= 4 is 23.3 Å². The van der Waals surface area contributed by atoms with Gasteiger partial charge in [-0.05, 0) is 19.8 Å². The fourth-order valence-electron chi connectivity index (χ4n) is 3.50. The molecule has 0 bridgehead atoms. The Labute approximate surface area is 134 Å². The highest BCUT2D eigenvalue weighted by Crippen LogP contribution is 2.38. The number of nitrogens with one attached hydrogen (secondary N) is 1. The first-order chi connectivity index (χ1) is 10.5. The van der Waals surface area contributed by atoms with Crippen molar-refractivity contribution in [3.63, 3.8) is 0 Å². The number of amides is 3. The second-order valence-electron chi connectivity index (χ2n) is 6.49. The Morgan fingerprint density at radius 3 is 2.95 bits per heavy atom. The van der Waals surface area contributed by atoms with Crippen molar-refractivity contribution in [1.29, 1.82) is 0 Å². The number of piperidine rings is 1. The summed E-state index contributed by atoms with van der Waals surface area (Å²) >= 11 is 1.56. The van der Waals surface area contributed by atoms with Crippen molar-refractivity contribution in [2.45, 2.75) is 32.7 Å². The Kier molecular flexibility index (Phi) is 4.08. The van der Waals surface area contributed by atoms with Crippen LogP contribution in [-0.2, 0) is 11.3 Å². The highest BCUT2D eigenvalue weighted by Gasteiger charge is 2.45. The van der Waals surface area contributed by atoms with Gasteiger partial charge in [-0.25, -0.2) is 9.78 Å². The lowest BCUT2D eigenvalue weighted by Gasteiger charge is -2.39. The molecule has 3 amide bonds. The molecule has 2 aliphatic rings. The number of aryl methyl sites for hydroxylation is 1. The topological polar surface area (TPSA) is 65.5 Å². The van der Waals surface area contributed by atoms with Crippen molar-refractivity contribution in [3.8, 4) is 0 Å².